The first-order valence-corrected chi connectivity index (χ1v) is 11.5. The Bertz CT molecular complexity index is 1550. The Hall–Kier alpha value is -4.23. The fourth-order valence-electron chi connectivity index (χ4n) is 3.86. The zero-order chi connectivity index (χ0) is 22.0. The summed E-state index contributed by atoms with van der Waals surface area (Å²) in [6, 6.07) is 27.0. The number of H-pyrrole nitrogens is 1. The Morgan fingerprint density at radius 3 is 2.70 bits per heavy atom. The number of hydrogen-bond donors (Lipinski definition) is 3. The summed E-state index contributed by atoms with van der Waals surface area (Å²) < 4.78 is 1.03. The van der Waals surface area contributed by atoms with Gasteiger partial charge in [0.2, 0.25) is 5.95 Å². The Balaban J connectivity index is 1.26. The Labute approximate surface area is 194 Å². The zero-order valence-corrected chi connectivity index (χ0v) is 18.4. The lowest BCUT2D eigenvalue weighted by atomic mass is 10.0. The molecular formula is C26H20N6S. The van der Waals surface area contributed by atoms with Crippen LogP contribution in [0.3, 0.4) is 0 Å². The summed E-state index contributed by atoms with van der Waals surface area (Å²) in [7, 11) is 0. The van der Waals surface area contributed by atoms with E-state index >= 15 is 0 Å². The van der Waals surface area contributed by atoms with Crippen LogP contribution in [-0.4, -0.2) is 20.2 Å². The molecule has 33 heavy (non-hydrogen) atoms. The summed E-state index contributed by atoms with van der Waals surface area (Å²) in [6.45, 7) is 0.636. The molecule has 0 atom stereocenters. The lowest BCUT2D eigenvalue weighted by molar-refractivity contribution is 1.07. The molecule has 3 aromatic carbocycles. The predicted octanol–water partition coefficient (Wildman–Crippen LogP) is 6.59. The van der Waals surface area contributed by atoms with Crippen molar-refractivity contribution in [1.82, 2.24) is 20.2 Å². The third kappa shape index (κ3) is 4.02. The second-order valence-corrected chi connectivity index (χ2v) is 8.66. The number of nitrogens with zero attached hydrogens (tertiary/aromatic N) is 3. The first-order valence-electron chi connectivity index (χ1n) is 10.7. The summed E-state index contributed by atoms with van der Waals surface area (Å²) in [5, 5.41) is 17.0. The van der Waals surface area contributed by atoms with Crippen molar-refractivity contribution < 1.29 is 0 Å². The average molecular weight is 449 g/mol. The summed E-state index contributed by atoms with van der Waals surface area (Å²) in [4.78, 5) is 9.49. The molecule has 0 aliphatic carbocycles. The highest BCUT2D eigenvalue weighted by molar-refractivity contribution is 7.17. The van der Waals surface area contributed by atoms with Crippen molar-refractivity contribution in [3.05, 3.63) is 96.0 Å². The summed E-state index contributed by atoms with van der Waals surface area (Å²) in [5.41, 5.74) is 6.45. The number of aromatic amines is 1. The van der Waals surface area contributed by atoms with E-state index in [-0.39, 0.29) is 0 Å². The van der Waals surface area contributed by atoms with Gasteiger partial charge in [-0.2, -0.15) is 10.1 Å². The highest BCUT2D eigenvalue weighted by atomic mass is 32.1. The van der Waals surface area contributed by atoms with Crippen LogP contribution in [-0.2, 0) is 6.54 Å². The van der Waals surface area contributed by atoms with Crippen LogP contribution in [0.15, 0.2) is 90.4 Å². The molecule has 3 aromatic heterocycles. The van der Waals surface area contributed by atoms with E-state index in [1.54, 1.807) is 11.3 Å². The normalized spacial score (nSPS) is 11.2. The van der Waals surface area contributed by atoms with Crippen LogP contribution in [0.25, 0.3) is 32.2 Å². The first-order chi connectivity index (χ1) is 16.3. The Morgan fingerprint density at radius 1 is 0.848 bits per heavy atom. The number of fused-ring (bicyclic) bond motifs is 2. The highest BCUT2D eigenvalue weighted by Gasteiger charge is 2.10. The number of rotatable bonds is 6. The van der Waals surface area contributed by atoms with E-state index in [2.05, 4.69) is 75.4 Å². The molecule has 6 aromatic rings. The van der Waals surface area contributed by atoms with Crippen molar-refractivity contribution in [2.75, 3.05) is 10.6 Å². The van der Waals surface area contributed by atoms with Gasteiger partial charge >= 0.3 is 0 Å². The minimum atomic E-state index is 0.595. The number of thiophene rings is 1. The van der Waals surface area contributed by atoms with E-state index in [4.69, 9.17) is 9.97 Å². The molecule has 0 radical (unpaired) electrons. The van der Waals surface area contributed by atoms with E-state index in [0.717, 1.165) is 32.6 Å². The fourth-order valence-corrected chi connectivity index (χ4v) is 4.63. The molecule has 3 N–H and O–H groups in total. The van der Waals surface area contributed by atoms with Gasteiger partial charge in [-0.25, -0.2) is 4.98 Å². The molecule has 6 rings (SSSR count). The van der Waals surface area contributed by atoms with Gasteiger partial charge in [0.25, 0.3) is 0 Å². The van der Waals surface area contributed by atoms with Crippen molar-refractivity contribution in [1.29, 1.82) is 0 Å². The molecule has 0 bridgehead atoms. The fraction of sp³-hybridized carbons (Fsp3) is 0.0385. The largest absolute Gasteiger partial charge is 0.350 e. The smallest absolute Gasteiger partial charge is 0.225 e. The number of anilines is 3. The highest BCUT2D eigenvalue weighted by Crippen LogP contribution is 2.30. The monoisotopic (exact) mass is 448 g/mol. The summed E-state index contributed by atoms with van der Waals surface area (Å²) in [5.74, 6) is 1.39. The maximum absolute atomic E-state index is 4.79. The molecule has 0 aliphatic rings. The third-order valence-electron chi connectivity index (χ3n) is 5.49. The number of nitrogens with one attached hydrogen (secondary N) is 3. The van der Waals surface area contributed by atoms with E-state index in [0.29, 0.717) is 12.5 Å². The maximum Gasteiger partial charge on any atom is 0.225 e. The summed E-state index contributed by atoms with van der Waals surface area (Å²) in [6.07, 6.45) is 1.82. The third-order valence-corrected chi connectivity index (χ3v) is 6.40. The SMILES string of the molecule is c1ccc(-c2cccc(CNc3nc(Nc4ccc5[nH]ncc5c4)c4sccc4n3)c2)cc1. The molecule has 7 heteroatoms. The standard InChI is InChI=1S/C26H20N6S/c1-2-6-18(7-3-1)19-8-4-5-17(13-19)15-27-26-30-23-11-12-33-24(23)25(31-26)29-21-9-10-22-20(14-21)16-28-32-22/h1-14,16H,15H2,(H,28,32)(H2,27,29,30,31). The maximum atomic E-state index is 4.79. The molecule has 0 unspecified atom stereocenters. The van der Waals surface area contributed by atoms with Crippen LogP contribution in [0.5, 0.6) is 0 Å². The minimum Gasteiger partial charge on any atom is -0.350 e. The molecule has 0 fully saturated rings. The zero-order valence-electron chi connectivity index (χ0n) is 17.6. The van der Waals surface area contributed by atoms with Crippen LogP contribution in [0.1, 0.15) is 5.56 Å². The predicted molar refractivity (Wildman–Crippen MR) is 136 cm³/mol. The molecule has 160 valence electrons. The van der Waals surface area contributed by atoms with Crippen molar-refractivity contribution in [2.24, 2.45) is 0 Å². The number of benzene rings is 3. The molecule has 3 heterocycles. The van der Waals surface area contributed by atoms with Gasteiger partial charge in [0.05, 0.1) is 21.9 Å². The van der Waals surface area contributed by atoms with E-state index in [9.17, 15) is 0 Å². The molecular weight excluding hydrogens is 428 g/mol. The van der Waals surface area contributed by atoms with E-state index in [1.165, 1.54) is 16.7 Å². The van der Waals surface area contributed by atoms with Crippen LogP contribution in [0, 0.1) is 0 Å². The summed E-state index contributed by atoms with van der Waals surface area (Å²) >= 11 is 1.63. The van der Waals surface area contributed by atoms with Gasteiger partial charge in [-0.1, -0.05) is 48.5 Å². The van der Waals surface area contributed by atoms with Gasteiger partial charge in [-0.3, -0.25) is 5.10 Å². The van der Waals surface area contributed by atoms with Crippen molar-refractivity contribution in [2.45, 2.75) is 6.54 Å². The average Bonchev–Trinajstić information content (AvgIpc) is 3.53. The molecule has 0 amide bonds. The number of aromatic nitrogens is 4. The van der Waals surface area contributed by atoms with Crippen LogP contribution >= 0.6 is 11.3 Å². The second kappa shape index (κ2) is 8.37. The van der Waals surface area contributed by atoms with Crippen LogP contribution in [0.4, 0.5) is 17.5 Å². The van der Waals surface area contributed by atoms with Crippen molar-refractivity contribution in [3.8, 4) is 11.1 Å². The molecule has 0 saturated heterocycles. The molecule has 6 nitrogen and oxygen atoms in total. The molecule has 0 saturated carbocycles. The Kier molecular flexibility index (Phi) is 4.93. The first kappa shape index (κ1) is 19.5. The van der Waals surface area contributed by atoms with Crippen molar-refractivity contribution >= 4 is 49.9 Å². The second-order valence-electron chi connectivity index (χ2n) is 7.75. The van der Waals surface area contributed by atoms with Gasteiger partial charge in [0.1, 0.15) is 0 Å². The van der Waals surface area contributed by atoms with Gasteiger partial charge in [-0.15, -0.1) is 11.3 Å². The minimum absolute atomic E-state index is 0.595. The van der Waals surface area contributed by atoms with Crippen LogP contribution in [0.2, 0.25) is 0 Å². The van der Waals surface area contributed by atoms with E-state index in [1.807, 2.05) is 35.8 Å². The van der Waals surface area contributed by atoms with Gasteiger partial charge in [0, 0.05) is 17.6 Å². The quantitative estimate of drug-likeness (QED) is 0.268. The Morgan fingerprint density at radius 2 is 1.76 bits per heavy atom. The van der Waals surface area contributed by atoms with E-state index < -0.39 is 0 Å². The van der Waals surface area contributed by atoms with Gasteiger partial charge < -0.3 is 10.6 Å². The molecule has 0 spiro atoms. The molecule has 0 aliphatic heterocycles. The van der Waals surface area contributed by atoms with Gasteiger partial charge in [0.15, 0.2) is 5.82 Å². The lowest BCUT2D eigenvalue weighted by Gasteiger charge is -2.11. The van der Waals surface area contributed by atoms with Crippen molar-refractivity contribution in [3.63, 3.8) is 0 Å². The lowest BCUT2D eigenvalue weighted by Crippen LogP contribution is -2.05. The van der Waals surface area contributed by atoms with Crippen LogP contribution < -0.4 is 10.6 Å². The van der Waals surface area contributed by atoms with Gasteiger partial charge in [-0.05, 0) is 52.4 Å². The topological polar surface area (TPSA) is 78.5 Å². The number of hydrogen-bond acceptors (Lipinski definition) is 6.